The van der Waals surface area contributed by atoms with Crippen LogP contribution in [0.4, 0.5) is 4.39 Å². The molecule has 0 saturated carbocycles. The molecule has 3 heterocycles. The van der Waals surface area contributed by atoms with Crippen molar-refractivity contribution in [2.45, 2.75) is 38.4 Å². The van der Waals surface area contributed by atoms with Crippen molar-refractivity contribution in [3.05, 3.63) is 77.2 Å². The van der Waals surface area contributed by atoms with Gasteiger partial charge in [-0.2, -0.15) is 5.10 Å². The van der Waals surface area contributed by atoms with Crippen LogP contribution in [0.3, 0.4) is 0 Å². The molecule has 0 amide bonds. The molecule has 1 N–H and O–H groups in total. The molecule has 4 nitrogen and oxygen atoms in total. The minimum atomic E-state index is -0.211. The smallest absolute Gasteiger partial charge is 0.123 e. The van der Waals surface area contributed by atoms with Gasteiger partial charge in [-0.25, -0.2) is 4.39 Å². The molecule has 5 heteroatoms. The van der Waals surface area contributed by atoms with Gasteiger partial charge in [0, 0.05) is 43.3 Å². The minimum Gasteiger partial charge on any atom is -0.297 e. The maximum Gasteiger partial charge on any atom is 0.123 e. The van der Waals surface area contributed by atoms with Crippen LogP contribution >= 0.6 is 0 Å². The maximum atomic E-state index is 13.3. The number of nitrogens with zero attached hydrogens (tertiary/aromatic N) is 3. The third-order valence-corrected chi connectivity index (χ3v) is 6.40. The lowest BCUT2D eigenvalue weighted by atomic mass is 9.96. The zero-order chi connectivity index (χ0) is 19.6. The Morgan fingerprint density at radius 3 is 2.72 bits per heavy atom. The van der Waals surface area contributed by atoms with Gasteiger partial charge in [-0.15, -0.1) is 0 Å². The highest BCUT2D eigenvalue weighted by molar-refractivity contribution is 5.62. The van der Waals surface area contributed by atoms with E-state index in [1.54, 1.807) is 0 Å². The second kappa shape index (κ2) is 8.09. The highest BCUT2D eigenvalue weighted by Crippen LogP contribution is 2.27. The van der Waals surface area contributed by atoms with Crippen LogP contribution in [-0.2, 0) is 19.5 Å². The van der Waals surface area contributed by atoms with E-state index in [-0.39, 0.29) is 5.82 Å². The number of halogens is 1. The van der Waals surface area contributed by atoms with E-state index in [2.05, 4.69) is 44.3 Å². The standard InChI is InChI=1S/C24H27FN4/c25-22-9-7-19(8-10-22)24-21(14-26-27-24)15-28-12-3-6-23(17-28)29-13-11-18-4-1-2-5-20(18)16-29/h1-2,4-5,7-10,14,23H,3,6,11-13,15-17H2,(H,26,27). The summed E-state index contributed by atoms with van der Waals surface area (Å²) in [6, 6.07) is 16.1. The van der Waals surface area contributed by atoms with E-state index in [1.165, 1.54) is 41.7 Å². The summed E-state index contributed by atoms with van der Waals surface area (Å²) >= 11 is 0. The molecule has 5 rings (SSSR count). The van der Waals surface area contributed by atoms with Gasteiger partial charge in [0.2, 0.25) is 0 Å². The second-order valence-corrected chi connectivity index (χ2v) is 8.30. The van der Waals surface area contributed by atoms with E-state index in [0.29, 0.717) is 6.04 Å². The third kappa shape index (κ3) is 3.98. The van der Waals surface area contributed by atoms with Crippen molar-refractivity contribution in [3.8, 4) is 11.3 Å². The van der Waals surface area contributed by atoms with Gasteiger partial charge in [0.15, 0.2) is 0 Å². The zero-order valence-electron chi connectivity index (χ0n) is 16.6. The lowest BCUT2D eigenvalue weighted by molar-refractivity contribution is 0.0839. The molecule has 2 aromatic carbocycles. The number of rotatable bonds is 4. The number of likely N-dealkylation sites (tertiary alicyclic amines) is 1. The molecule has 2 aliphatic heterocycles. The van der Waals surface area contributed by atoms with Gasteiger partial charge >= 0.3 is 0 Å². The van der Waals surface area contributed by atoms with Crippen LogP contribution in [0.25, 0.3) is 11.3 Å². The van der Waals surface area contributed by atoms with Crippen molar-refractivity contribution in [1.29, 1.82) is 0 Å². The van der Waals surface area contributed by atoms with E-state index in [4.69, 9.17) is 0 Å². The molecule has 2 aliphatic rings. The van der Waals surface area contributed by atoms with Crippen LogP contribution in [0, 0.1) is 5.82 Å². The Kier molecular flexibility index (Phi) is 5.17. The molecule has 3 aromatic rings. The molecule has 0 bridgehead atoms. The first kappa shape index (κ1) is 18.5. The van der Waals surface area contributed by atoms with Gasteiger partial charge in [-0.1, -0.05) is 24.3 Å². The number of fused-ring (bicyclic) bond motifs is 1. The summed E-state index contributed by atoms with van der Waals surface area (Å²) in [6.45, 7) is 5.32. The molecule has 1 saturated heterocycles. The molecule has 29 heavy (non-hydrogen) atoms. The Hall–Kier alpha value is -2.50. The summed E-state index contributed by atoms with van der Waals surface area (Å²) in [5.74, 6) is -0.211. The third-order valence-electron chi connectivity index (χ3n) is 6.40. The maximum absolute atomic E-state index is 13.3. The number of benzene rings is 2. The van der Waals surface area contributed by atoms with Crippen molar-refractivity contribution in [2.24, 2.45) is 0 Å². The van der Waals surface area contributed by atoms with E-state index < -0.39 is 0 Å². The van der Waals surface area contributed by atoms with Crippen LogP contribution in [0.15, 0.2) is 54.7 Å². The lowest BCUT2D eigenvalue weighted by Gasteiger charge is -2.41. The number of hydrogen-bond acceptors (Lipinski definition) is 3. The van der Waals surface area contributed by atoms with Gasteiger partial charge < -0.3 is 0 Å². The summed E-state index contributed by atoms with van der Waals surface area (Å²) < 4.78 is 13.3. The molecule has 1 atom stereocenters. The van der Waals surface area contributed by atoms with Crippen LogP contribution < -0.4 is 0 Å². The number of piperidine rings is 1. The highest BCUT2D eigenvalue weighted by atomic mass is 19.1. The quantitative estimate of drug-likeness (QED) is 0.724. The summed E-state index contributed by atoms with van der Waals surface area (Å²) in [4.78, 5) is 5.22. The highest BCUT2D eigenvalue weighted by Gasteiger charge is 2.28. The van der Waals surface area contributed by atoms with Crippen LogP contribution in [0.1, 0.15) is 29.5 Å². The average molecular weight is 391 g/mol. The van der Waals surface area contributed by atoms with Crippen molar-refractivity contribution < 1.29 is 4.39 Å². The molecule has 1 fully saturated rings. The fourth-order valence-electron chi connectivity index (χ4n) is 4.84. The first-order chi connectivity index (χ1) is 14.3. The van der Waals surface area contributed by atoms with Crippen molar-refractivity contribution in [2.75, 3.05) is 19.6 Å². The molecule has 0 spiro atoms. The summed E-state index contributed by atoms with van der Waals surface area (Å²) in [7, 11) is 0. The summed E-state index contributed by atoms with van der Waals surface area (Å²) in [6.07, 6.45) is 5.57. The Labute approximate surface area is 171 Å². The van der Waals surface area contributed by atoms with Gasteiger partial charge in [0.1, 0.15) is 5.82 Å². The molecule has 0 aliphatic carbocycles. The number of hydrogen-bond donors (Lipinski definition) is 1. The van der Waals surface area contributed by atoms with Crippen molar-refractivity contribution in [3.63, 3.8) is 0 Å². The Morgan fingerprint density at radius 2 is 1.86 bits per heavy atom. The predicted molar refractivity (Wildman–Crippen MR) is 113 cm³/mol. The summed E-state index contributed by atoms with van der Waals surface area (Å²) in [5, 5.41) is 7.37. The van der Waals surface area contributed by atoms with Crippen molar-refractivity contribution >= 4 is 0 Å². The van der Waals surface area contributed by atoms with E-state index >= 15 is 0 Å². The van der Waals surface area contributed by atoms with E-state index in [0.717, 1.165) is 50.4 Å². The monoisotopic (exact) mass is 390 g/mol. The SMILES string of the molecule is Fc1ccc(-c2[nH]ncc2CN2CCCC(N3CCc4ccccc4C3)C2)cc1. The number of H-pyrrole nitrogens is 1. The number of aromatic nitrogens is 2. The topological polar surface area (TPSA) is 35.2 Å². The normalized spacial score (nSPS) is 20.5. The largest absolute Gasteiger partial charge is 0.297 e. The van der Waals surface area contributed by atoms with E-state index in [9.17, 15) is 4.39 Å². The Balaban J connectivity index is 1.27. The minimum absolute atomic E-state index is 0.211. The number of nitrogens with one attached hydrogen (secondary N) is 1. The number of aromatic amines is 1. The predicted octanol–water partition coefficient (Wildman–Crippen LogP) is 4.24. The van der Waals surface area contributed by atoms with Gasteiger partial charge in [0.25, 0.3) is 0 Å². The van der Waals surface area contributed by atoms with Gasteiger partial charge in [0.05, 0.1) is 11.9 Å². The van der Waals surface area contributed by atoms with Crippen LogP contribution in [0.5, 0.6) is 0 Å². The van der Waals surface area contributed by atoms with Gasteiger partial charge in [-0.3, -0.25) is 14.9 Å². The Bertz CT molecular complexity index is 965. The Morgan fingerprint density at radius 1 is 1.03 bits per heavy atom. The fourth-order valence-corrected chi connectivity index (χ4v) is 4.84. The average Bonchev–Trinajstić information content (AvgIpc) is 3.22. The molecule has 1 aromatic heterocycles. The molecular formula is C24H27FN4. The molecule has 0 radical (unpaired) electrons. The van der Waals surface area contributed by atoms with Crippen LogP contribution in [-0.4, -0.2) is 45.7 Å². The first-order valence-corrected chi connectivity index (χ1v) is 10.6. The summed E-state index contributed by atoms with van der Waals surface area (Å²) in [5.41, 5.74) is 6.17. The molecule has 150 valence electrons. The second-order valence-electron chi connectivity index (χ2n) is 8.30. The van der Waals surface area contributed by atoms with Gasteiger partial charge in [-0.05, 0) is 61.2 Å². The van der Waals surface area contributed by atoms with E-state index in [1.807, 2.05) is 18.3 Å². The van der Waals surface area contributed by atoms with Crippen molar-refractivity contribution in [1.82, 2.24) is 20.0 Å². The molecular weight excluding hydrogens is 363 g/mol. The van der Waals surface area contributed by atoms with Crippen LogP contribution in [0.2, 0.25) is 0 Å². The molecule has 1 unspecified atom stereocenters. The fraction of sp³-hybridized carbons (Fsp3) is 0.375. The zero-order valence-corrected chi connectivity index (χ0v) is 16.6. The lowest BCUT2D eigenvalue weighted by Crippen LogP contribution is -2.49. The first-order valence-electron chi connectivity index (χ1n) is 10.6.